The molecule has 1 aliphatic rings. The standard InChI is InChI=1S/C21H19F4N3O2/c1-30-12-20(8-9-20)19(29)26-10-16-18(13-2-5-15(22)6-3-13)27-17-7-4-14(11-28(16)17)21(23,24)25/h2-7,11H,8-10,12H2,1H3,(H,26,29). The van der Waals surface area contributed by atoms with Crippen LogP contribution in [0.4, 0.5) is 17.6 Å². The Morgan fingerprint density at radius 1 is 1.20 bits per heavy atom. The number of nitrogens with zero attached hydrogens (tertiary/aromatic N) is 2. The van der Waals surface area contributed by atoms with Gasteiger partial charge in [-0.2, -0.15) is 13.2 Å². The van der Waals surface area contributed by atoms with Crippen LogP contribution in [0.3, 0.4) is 0 Å². The summed E-state index contributed by atoms with van der Waals surface area (Å²) >= 11 is 0. The third kappa shape index (κ3) is 3.77. The fourth-order valence-electron chi connectivity index (χ4n) is 3.48. The minimum atomic E-state index is -4.52. The lowest BCUT2D eigenvalue weighted by Gasteiger charge is -2.15. The molecule has 158 valence electrons. The van der Waals surface area contributed by atoms with Gasteiger partial charge >= 0.3 is 6.18 Å². The van der Waals surface area contributed by atoms with Crippen LogP contribution >= 0.6 is 0 Å². The Balaban J connectivity index is 1.74. The van der Waals surface area contributed by atoms with Crippen LogP contribution in [0.25, 0.3) is 16.9 Å². The molecule has 2 heterocycles. The first-order chi connectivity index (χ1) is 14.2. The summed E-state index contributed by atoms with van der Waals surface area (Å²) in [5.41, 5.74) is 0.183. The topological polar surface area (TPSA) is 55.6 Å². The van der Waals surface area contributed by atoms with E-state index in [2.05, 4.69) is 10.3 Å². The van der Waals surface area contributed by atoms with Crippen molar-refractivity contribution < 1.29 is 27.1 Å². The summed E-state index contributed by atoms with van der Waals surface area (Å²) < 4.78 is 59.4. The van der Waals surface area contributed by atoms with Gasteiger partial charge in [0.15, 0.2) is 0 Å². The number of ether oxygens (including phenoxy) is 1. The van der Waals surface area contributed by atoms with E-state index >= 15 is 0 Å². The lowest BCUT2D eigenvalue weighted by Crippen LogP contribution is -2.34. The summed E-state index contributed by atoms with van der Waals surface area (Å²) in [6.07, 6.45) is -2.17. The Morgan fingerprint density at radius 2 is 1.90 bits per heavy atom. The molecule has 1 N–H and O–H groups in total. The number of hydrogen-bond donors (Lipinski definition) is 1. The van der Waals surface area contributed by atoms with Crippen LogP contribution in [0.15, 0.2) is 42.6 Å². The highest BCUT2D eigenvalue weighted by Crippen LogP contribution is 2.46. The maximum absolute atomic E-state index is 13.3. The highest BCUT2D eigenvalue weighted by Gasteiger charge is 2.49. The van der Waals surface area contributed by atoms with E-state index in [-0.39, 0.29) is 19.1 Å². The molecular formula is C21H19F4N3O2. The number of nitrogens with one attached hydrogen (secondary N) is 1. The number of fused-ring (bicyclic) bond motifs is 1. The molecule has 9 heteroatoms. The zero-order chi connectivity index (χ0) is 21.5. The average molecular weight is 421 g/mol. The lowest BCUT2D eigenvalue weighted by molar-refractivity contribution is -0.138. The molecule has 1 aromatic carbocycles. The molecule has 2 aromatic heterocycles. The van der Waals surface area contributed by atoms with Gasteiger partial charge in [0, 0.05) is 18.9 Å². The number of carbonyl (C=O) groups excluding carboxylic acids is 1. The number of pyridine rings is 1. The van der Waals surface area contributed by atoms with Gasteiger partial charge in [-0.3, -0.25) is 4.79 Å². The second kappa shape index (κ2) is 7.39. The minimum absolute atomic E-state index is 0.0283. The molecule has 1 amide bonds. The van der Waals surface area contributed by atoms with Crippen LogP contribution in [-0.4, -0.2) is 29.0 Å². The van der Waals surface area contributed by atoms with Crippen LogP contribution < -0.4 is 5.32 Å². The zero-order valence-corrected chi connectivity index (χ0v) is 16.1. The van der Waals surface area contributed by atoms with E-state index in [0.29, 0.717) is 35.4 Å². The first-order valence-corrected chi connectivity index (χ1v) is 9.35. The normalized spacial score (nSPS) is 15.4. The lowest BCUT2D eigenvalue weighted by atomic mass is 10.1. The van der Waals surface area contributed by atoms with Crippen molar-refractivity contribution in [2.24, 2.45) is 5.41 Å². The van der Waals surface area contributed by atoms with E-state index in [1.807, 2.05) is 0 Å². The van der Waals surface area contributed by atoms with E-state index in [0.717, 1.165) is 12.3 Å². The van der Waals surface area contributed by atoms with E-state index in [4.69, 9.17) is 4.74 Å². The third-order valence-corrected chi connectivity index (χ3v) is 5.33. The molecule has 1 aliphatic carbocycles. The number of hydrogen-bond acceptors (Lipinski definition) is 3. The van der Waals surface area contributed by atoms with Gasteiger partial charge in [-0.1, -0.05) is 0 Å². The number of amides is 1. The number of aromatic nitrogens is 2. The first kappa shape index (κ1) is 20.3. The van der Waals surface area contributed by atoms with Crippen LogP contribution in [0, 0.1) is 11.2 Å². The number of methoxy groups -OCH3 is 1. The summed E-state index contributed by atoms with van der Waals surface area (Å²) in [6, 6.07) is 7.73. The van der Waals surface area contributed by atoms with Crippen molar-refractivity contribution in [1.29, 1.82) is 0 Å². The van der Waals surface area contributed by atoms with Crippen LogP contribution in [0.2, 0.25) is 0 Å². The predicted octanol–water partition coefficient (Wildman–Crippen LogP) is 4.20. The molecule has 0 saturated heterocycles. The quantitative estimate of drug-likeness (QED) is 0.607. The monoisotopic (exact) mass is 421 g/mol. The molecule has 30 heavy (non-hydrogen) atoms. The molecular weight excluding hydrogens is 402 g/mol. The highest BCUT2D eigenvalue weighted by molar-refractivity contribution is 5.85. The van der Waals surface area contributed by atoms with Crippen LogP contribution in [0.5, 0.6) is 0 Å². The summed E-state index contributed by atoms with van der Waals surface area (Å²) in [5, 5.41) is 2.81. The van der Waals surface area contributed by atoms with Gasteiger partial charge in [0.25, 0.3) is 0 Å². The molecule has 3 aromatic rings. The van der Waals surface area contributed by atoms with Crippen LogP contribution in [0.1, 0.15) is 24.1 Å². The van der Waals surface area contributed by atoms with Gasteiger partial charge in [-0.15, -0.1) is 0 Å². The summed E-state index contributed by atoms with van der Waals surface area (Å²) in [5.74, 6) is -0.650. The van der Waals surface area contributed by atoms with Crippen molar-refractivity contribution >= 4 is 11.6 Å². The molecule has 5 nitrogen and oxygen atoms in total. The Morgan fingerprint density at radius 3 is 2.50 bits per heavy atom. The molecule has 0 radical (unpaired) electrons. The van der Waals surface area contributed by atoms with Gasteiger partial charge in [0.05, 0.1) is 35.5 Å². The zero-order valence-electron chi connectivity index (χ0n) is 16.1. The Hall–Kier alpha value is -2.94. The molecule has 0 atom stereocenters. The Kier molecular flexibility index (Phi) is 5.01. The Labute approximate surface area is 169 Å². The van der Waals surface area contributed by atoms with Gasteiger partial charge in [-0.25, -0.2) is 9.37 Å². The third-order valence-electron chi connectivity index (χ3n) is 5.33. The molecule has 0 unspecified atom stereocenters. The number of carbonyl (C=O) groups is 1. The summed E-state index contributed by atoms with van der Waals surface area (Å²) in [6.45, 7) is 0.258. The maximum Gasteiger partial charge on any atom is 0.417 e. The number of imidazole rings is 1. The molecule has 1 fully saturated rings. The van der Waals surface area contributed by atoms with Gasteiger partial charge < -0.3 is 14.5 Å². The molecule has 0 aliphatic heterocycles. The van der Waals surface area contributed by atoms with Gasteiger partial charge in [0.2, 0.25) is 5.91 Å². The van der Waals surface area contributed by atoms with Crippen molar-refractivity contribution in [3.63, 3.8) is 0 Å². The maximum atomic E-state index is 13.3. The summed E-state index contributed by atoms with van der Waals surface area (Å²) in [4.78, 5) is 17.0. The van der Waals surface area contributed by atoms with Crippen molar-refractivity contribution in [2.75, 3.05) is 13.7 Å². The van der Waals surface area contributed by atoms with Crippen LogP contribution in [-0.2, 0) is 22.3 Å². The number of alkyl halides is 3. The number of halogens is 4. The van der Waals surface area contributed by atoms with Crippen molar-refractivity contribution in [3.8, 4) is 11.3 Å². The van der Waals surface area contributed by atoms with E-state index in [1.165, 1.54) is 41.8 Å². The fraction of sp³-hybridized carbons (Fsp3) is 0.333. The summed E-state index contributed by atoms with van der Waals surface area (Å²) in [7, 11) is 1.52. The molecule has 4 rings (SSSR count). The van der Waals surface area contributed by atoms with E-state index < -0.39 is 23.0 Å². The SMILES string of the molecule is COCC1(C(=O)NCc2c(-c3ccc(F)cc3)nc3ccc(C(F)(F)F)cn23)CC1. The minimum Gasteiger partial charge on any atom is -0.384 e. The van der Waals surface area contributed by atoms with Crippen molar-refractivity contribution in [2.45, 2.75) is 25.6 Å². The molecule has 0 spiro atoms. The second-order valence-electron chi connectivity index (χ2n) is 7.45. The highest BCUT2D eigenvalue weighted by atomic mass is 19.4. The number of benzene rings is 1. The largest absolute Gasteiger partial charge is 0.417 e. The predicted molar refractivity (Wildman–Crippen MR) is 101 cm³/mol. The van der Waals surface area contributed by atoms with E-state index in [9.17, 15) is 22.4 Å². The van der Waals surface area contributed by atoms with Gasteiger partial charge in [0.1, 0.15) is 11.5 Å². The van der Waals surface area contributed by atoms with E-state index in [1.54, 1.807) is 0 Å². The Bertz CT molecular complexity index is 1090. The first-order valence-electron chi connectivity index (χ1n) is 9.35. The van der Waals surface area contributed by atoms with Gasteiger partial charge in [-0.05, 0) is 49.2 Å². The smallest absolute Gasteiger partial charge is 0.384 e. The number of rotatable bonds is 6. The van der Waals surface area contributed by atoms with Crippen molar-refractivity contribution in [3.05, 3.63) is 59.7 Å². The fourth-order valence-corrected chi connectivity index (χ4v) is 3.48. The molecule has 0 bridgehead atoms. The second-order valence-corrected chi connectivity index (χ2v) is 7.45. The molecule has 1 saturated carbocycles. The van der Waals surface area contributed by atoms with Crippen molar-refractivity contribution in [1.82, 2.24) is 14.7 Å². The average Bonchev–Trinajstić information content (AvgIpc) is 3.40.